The standard InChI is InChI=1S/C6H2F12/c7-1(5(14,15)16)3(10,11)6(17,18)4(12,13)2(8)9/h1-2H. The lowest BCUT2D eigenvalue weighted by Gasteiger charge is -2.34. The van der Waals surface area contributed by atoms with E-state index in [1.54, 1.807) is 0 Å². The van der Waals surface area contributed by atoms with E-state index in [4.69, 9.17) is 0 Å². The van der Waals surface area contributed by atoms with Crippen molar-refractivity contribution in [3.8, 4) is 0 Å². The Labute approximate surface area is 90.6 Å². The van der Waals surface area contributed by atoms with Crippen molar-refractivity contribution in [1.82, 2.24) is 0 Å². The summed E-state index contributed by atoms with van der Waals surface area (Å²) < 4.78 is 143. The third-order valence-electron chi connectivity index (χ3n) is 1.72. The smallest absolute Gasteiger partial charge is 0.230 e. The molecule has 0 amide bonds. The monoisotopic (exact) mass is 302 g/mol. The summed E-state index contributed by atoms with van der Waals surface area (Å²) in [6.07, 6.45) is -17.7. The number of hydrogen-bond donors (Lipinski definition) is 0. The minimum atomic E-state index is -7.22. The molecule has 0 aromatic rings. The van der Waals surface area contributed by atoms with Gasteiger partial charge in [0.15, 0.2) is 0 Å². The molecule has 0 rings (SSSR count). The van der Waals surface area contributed by atoms with E-state index in [0.29, 0.717) is 0 Å². The van der Waals surface area contributed by atoms with Crippen molar-refractivity contribution in [2.24, 2.45) is 0 Å². The molecule has 18 heavy (non-hydrogen) atoms. The van der Waals surface area contributed by atoms with E-state index in [-0.39, 0.29) is 0 Å². The molecule has 12 heteroatoms. The summed E-state index contributed by atoms with van der Waals surface area (Å²) in [7, 11) is 0. The van der Waals surface area contributed by atoms with Gasteiger partial charge < -0.3 is 0 Å². The molecule has 1 atom stereocenters. The van der Waals surface area contributed by atoms with Crippen LogP contribution in [-0.2, 0) is 0 Å². The molecule has 1 unspecified atom stereocenters. The second kappa shape index (κ2) is 4.37. The van der Waals surface area contributed by atoms with Crippen LogP contribution in [0.2, 0.25) is 0 Å². The minimum absolute atomic E-state index is 5.40. The van der Waals surface area contributed by atoms with E-state index in [1.165, 1.54) is 0 Å². The van der Waals surface area contributed by atoms with E-state index in [1.807, 2.05) is 0 Å². The predicted molar refractivity (Wildman–Crippen MR) is 31.8 cm³/mol. The summed E-state index contributed by atoms with van der Waals surface area (Å²) >= 11 is 0. The molecule has 0 radical (unpaired) electrons. The van der Waals surface area contributed by atoms with E-state index in [9.17, 15) is 52.7 Å². The molecule has 0 heterocycles. The van der Waals surface area contributed by atoms with Gasteiger partial charge in [0.1, 0.15) is 0 Å². The summed E-state index contributed by atoms with van der Waals surface area (Å²) in [6, 6.07) is 0. The number of hydrogen-bond acceptors (Lipinski definition) is 0. The van der Waals surface area contributed by atoms with E-state index in [0.717, 1.165) is 0 Å². The van der Waals surface area contributed by atoms with Gasteiger partial charge in [0.05, 0.1) is 0 Å². The Bertz CT molecular complexity index is 287. The average Bonchev–Trinajstić information content (AvgIpc) is 2.14. The first-order valence-electron chi connectivity index (χ1n) is 3.72. The quantitative estimate of drug-likeness (QED) is 0.687. The third-order valence-corrected chi connectivity index (χ3v) is 1.72. The van der Waals surface area contributed by atoms with E-state index >= 15 is 0 Å². The Hall–Kier alpha value is -0.840. The highest BCUT2D eigenvalue weighted by Gasteiger charge is 2.81. The zero-order valence-electron chi connectivity index (χ0n) is 7.69. The number of alkyl halides is 12. The van der Waals surface area contributed by atoms with Gasteiger partial charge in [0.2, 0.25) is 0 Å². The van der Waals surface area contributed by atoms with Crippen molar-refractivity contribution in [3.05, 3.63) is 0 Å². The predicted octanol–water partition coefficient (Wildman–Crippen LogP) is 4.06. The van der Waals surface area contributed by atoms with Crippen LogP contribution in [-0.4, -0.2) is 36.5 Å². The van der Waals surface area contributed by atoms with Crippen LogP contribution in [0.1, 0.15) is 0 Å². The van der Waals surface area contributed by atoms with Crippen molar-refractivity contribution in [2.45, 2.75) is 36.5 Å². The van der Waals surface area contributed by atoms with Gasteiger partial charge in [-0.1, -0.05) is 0 Å². The summed E-state index contributed by atoms with van der Waals surface area (Å²) in [4.78, 5) is 0. The van der Waals surface area contributed by atoms with Crippen molar-refractivity contribution in [2.75, 3.05) is 0 Å². The summed E-state index contributed by atoms with van der Waals surface area (Å²) in [5.41, 5.74) is 0. The molecular weight excluding hydrogens is 300 g/mol. The topological polar surface area (TPSA) is 0 Å². The fraction of sp³-hybridized carbons (Fsp3) is 1.00. The first-order valence-corrected chi connectivity index (χ1v) is 3.72. The fourth-order valence-electron chi connectivity index (χ4n) is 0.724. The number of halogens is 12. The van der Waals surface area contributed by atoms with Crippen LogP contribution in [0.15, 0.2) is 0 Å². The van der Waals surface area contributed by atoms with Gasteiger partial charge in [-0.05, 0) is 0 Å². The van der Waals surface area contributed by atoms with Gasteiger partial charge in [-0.15, -0.1) is 0 Å². The molecule has 0 aromatic heterocycles. The van der Waals surface area contributed by atoms with Crippen LogP contribution in [0.25, 0.3) is 0 Å². The molecule has 0 aliphatic rings. The highest BCUT2D eigenvalue weighted by Crippen LogP contribution is 2.52. The highest BCUT2D eigenvalue weighted by molar-refractivity contribution is 5.03. The molecule has 0 spiro atoms. The van der Waals surface area contributed by atoms with Gasteiger partial charge in [-0.2, -0.15) is 39.5 Å². The largest absolute Gasteiger partial charge is 0.425 e. The normalized spacial score (nSPS) is 17.2. The molecule has 0 aliphatic heterocycles. The van der Waals surface area contributed by atoms with Crippen molar-refractivity contribution >= 4 is 0 Å². The molecule has 0 nitrogen and oxygen atoms in total. The Morgan fingerprint density at radius 2 is 0.889 bits per heavy atom. The van der Waals surface area contributed by atoms with Crippen LogP contribution in [0, 0.1) is 0 Å². The molecule has 0 fully saturated rings. The SMILES string of the molecule is FC(F)C(F)(F)C(F)(F)C(F)(F)C(F)C(F)(F)F. The lowest BCUT2D eigenvalue weighted by atomic mass is 10.0. The maximum Gasteiger partial charge on any atom is 0.425 e. The van der Waals surface area contributed by atoms with Crippen molar-refractivity contribution < 1.29 is 52.7 Å². The molecule has 0 N–H and O–H groups in total. The Kier molecular flexibility index (Phi) is 4.16. The lowest BCUT2D eigenvalue weighted by Crippen LogP contribution is -2.63. The Morgan fingerprint density at radius 1 is 0.556 bits per heavy atom. The van der Waals surface area contributed by atoms with E-state index < -0.39 is 36.5 Å². The van der Waals surface area contributed by atoms with Gasteiger partial charge >= 0.3 is 30.4 Å². The van der Waals surface area contributed by atoms with Gasteiger partial charge in [-0.25, -0.2) is 13.2 Å². The van der Waals surface area contributed by atoms with Gasteiger partial charge in [-0.3, -0.25) is 0 Å². The lowest BCUT2D eigenvalue weighted by molar-refractivity contribution is -0.373. The molecule has 0 saturated carbocycles. The zero-order chi connectivity index (χ0) is 15.2. The molecule has 0 aliphatic carbocycles. The summed E-state index contributed by atoms with van der Waals surface area (Å²) in [5, 5.41) is 0. The van der Waals surface area contributed by atoms with Crippen molar-refractivity contribution in [1.29, 1.82) is 0 Å². The average molecular weight is 302 g/mol. The molecular formula is C6H2F12. The molecule has 0 aromatic carbocycles. The Morgan fingerprint density at radius 3 is 1.11 bits per heavy atom. The molecule has 110 valence electrons. The van der Waals surface area contributed by atoms with Crippen LogP contribution in [0.3, 0.4) is 0 Å². The van der Waals surface area contributed by atoms with Crippen LogP contribution < -0.4 is 0 Å². The Balaban J connectivity index is 5.60. The first-order chi connectivity index (χ1) is 7.60. The summed E-state index contributed by atoms with van der Waals surface area (Å²) in [6.45, 7) is 0. The number of rotatable bonds is 4. The second-order valence-electron chi connectivity index (χ2n) is 3.03. The molecule has 0 bridgehead atoms. The summed E-state index contributed by atoms with van der Waals surface area (Å²) in [5.74, 6) is -21.1. The van der Waals surface area contributed by atoms with Crippen LogP contribution >= 0.6 is 0 Å². The second-order valence-corrected chi connectivity index (χ2v) is 3.03. The van der Waals surface area contributed by atoms with Crippen molar-refractivity contribution in [3.63, 3.8) is 0 Å². The molecule has 0 saturated heterocycles. The van der Waals surface area contributed by atoms with Crippen LogP contribution in [0.4, 0.5) is 52.7 Å². The van der Waals surface area contributed by atoms with E-state index in [2.05, 4.69) is 0 Å². The van der Waals surface area contributed by atoms with Gasteiger partial charge in [0, 0.05) is 0 Å². The maximum absolute atomic E-state index is 12.3. The maximum atomic E-state index is 12.3. The van der Waals surface area contributed by atoms with Crippen LogP contribution in [0.5, 0.6) is 0 Å². The zero-order valence-corrected chi connectivity index (χ0v) is 7.69. The van der Waals surface area contributed by atoms with Gasteiger partial charge in [0.25, 0.3) is 6.17 Å². The highest BCUT2D eigenvalue weighted by atomic mass is 19.4. The minimum Gasteiger partial charge on any atom is -0.230 e. The first kappa shape index (κ1) is 17.2. The third kappa shape index (κ3) is 2.46. The fourth-order valence-corrected chi connectivity index (χ4v) is 0.724.